The van der Waals surface area contributed by atoms with Gasteiger partial charge in [0.05, 0.1) is 24.6 Å². The van der Waals surface area contributed by atoms with Gasteiger partial charge in [-0.2, -0.15) is 0 Å². The van der Waals surface area contributed by atoms with Crippen LogP contribution in [0, 0.1) is 5.92 Å². The Balaban J connectivity index is 1.66. The van der Waals surface area contributed by atoms with E-state index in [1.54, 1.807) is 10.6 Å². The SMILES string of the molecule is O=S(=O)(CC1CCCOC1)NCc1nc2ccccn2c1Cl. The van der Waals surface area contributed by atoms with E-state index < -0.39 is 10.0 Å². The van der Waals surface area contributed by atoms with E-state index in [2.05, 4.69) is 9.71 Å². The van der Waals surface area contributed by atoms with Gasteiger partial charge in [-0.1, -0.05) is 17.7 Å². The van der Waals surface area contributed by atoms with Gasteiger partial charge in [-0.3, -0.25) is 4.40 Å². The molecule has 6 nitrogen and oxygen atoms in total. The molecule has 0 saturated carbocycles. The minimum atomic E-state index is -3.37. The lowest BCUT2D eigenvalue weighted by atomic mass is 10.1. The predicted octanol–water partition coefficient (Wildman–Crippen LogP) is 1.83. The summed E-state index contributed by atoms with van der Waals surface area (Å²) < 4.78 is 33.9. The van der Waals surface area contributed by atoms with E-state index in [9.17, 15) is 8.42 Å². The molecule has 3 heterocycles. The van der Waals surface area contributed by atoms with E-state index in [-0.39, 0.29) is 18.2 Å². The lowest BCUT2D eigenvalue weighted by Crippen LogP contribution is -2.33. The van der Waals surface area contributed by atoms with Gasteiger partial charge in [0.25, 0.3) is 0 Å². The number of pyridine rings is 1. The third-order valence-electron chi connectivity index (χ3n) is 3.71. The molecule has 2 aromatic rings. The first kappa shape index (κ1) is 15.7. The maximum absolute atomic E-state index is 12.2. The standard InChI is InChI=1S/C14H18ClN3O3S/c15-14-12(17-13-5-1-2-6-18(13)14)8-16-22(19,20)10-11-4-3-7-21-9-11/h1-2,5-6,11,16H,3-4,7-10H2. The molecule has 22 heavy (non-hydrogen) atoms. The minimum absolute atomic E-state index is 0.0581. The highest BCUT2D eigenvalue weighted by Crippen LogP contribution is 2.19. The van der Waals surface area contributed by atoms with Gasteiger partial charge >= 0.3 is 0 Å². The first-order chi connectivity index (χ1) is 10.6. The number of imidazole rings is 1. The number of rotatable bonds is 5. The van der Waals surface area contributed by atoms with Gasteiger partial charge in [0.1, 0.15) is 10.8 Å². The van der Waals surface area contributed by atoms with Crippen LogP contribution in [0.4, 0.5) is 0 Å². The van der Waals surface area contributed by atoms with Crippen LogP contribution in [0.3, 0.4) is 0 Å². The number of hydrogen-bond donors (Lipinski definition) is 1. The van der Waals surface area contributed by atoms with E-state index in [1.807, 2.05) is 18.2 Å². The van der Waals surface area contributed by atoms with Gasteiger partial charge in [-0.15, -0.1) is 0 Å². The van der Waals surface area contributed by atoms with Gasteiger partial charge in [0.15, 0.2) is 0 Å². The quantitative estimate of drug-likeness (QED) is 0.899. The van der Waals surface area contributed by atoms with Crippen LogP contribution in [-0.4, -0.2) is 36.8 Å². The first-order valence-electron chi connectivity index (χ1n) is 7.22. The monoisotopic (exact) mass is 343 g/mol. The molecular formula is C14H18ClN3O3S. The van der Waals surface area contributed by atoms with Crippen LogP contribution in [-0.2, 0) is 21.3 Å². The first-order valence-corrected chi connectivity index (χ1v) is 9.25. The van der Waals surface area contributed by atoms with Gasteiger partial charge in [0, 0.05) is 12.8 Å². The van der Waals surface area contributed by atoms with Crippen molar-refractivity contribution in [2.45, 2.75) is 19.4 Å². The smallest absolute Gasteiger partial charge is 0.212 e. The average Bonchev–Trinajstić information content (AvgIpc) is 2.83. The van der Waals surface area contributed by atoms with E-state index in [0.717, 1.165) is 19.4 Å². The normalized spacial score (nSPS) is 19.6. The molecule has 1 aliphatic rings. The molecule has 120 valence electrons. The van der Waals surface area contributed by atoms with Crippen LogP contribution >= 0.6 is 11.6 Å². The van der Waals surface area contributed by atoms with Crippen molar-refractivity contribution in [3.63, 3.8) is 0 Å². The number of aromatic nitrogens is 2. The van der Waals surface area contributed by atoms with E-state index in [4.69, 9.17) is 16.3 Å². The zero-order valence-electron chi connectivity index (χ0n) is 12.0. The van der Waals surface area contributed by atoms with E-state index >= 15 is 0 Å². The Morgan fingerprint density at radius 2 is 2.32 bits per heavy atom. The van der Waals surface area contributed by atoms with Crippen molar-refractivity contribution in [3.05, 3.63) is 35.2 Å². The molecule has 1 saturated heterocycles. The Hall–Kier alpha value is -1.15. The third-order valence-corrected chi connectivity index (χ3v) is 5.60. The lowest BCUT2D eigenvalue weighted by Gasteiger charge is -2.21. The van der Waals surface area contributed by atoms with Crippen molar-refractivity contribution in [1.82, 2.24) is 14.1 Å². The van der Waals surface area contributed by atoms with Crippen molar-refractivity contribution < 1.29 is 13.2 Å². The van der Waals surface area contributed by atoms with Crippen molar-refractivity contribution in [3.8, 4) is 0 Å². The topological polar surface area (TPSA) is 72.7 Å². The molecule has 0 aromatic carbocycles. The van der Waals surface area contributed by atoms with Gasteiger partial charge in [-0.25, -0.2) is 18.1 Å². The maximum atomic E-state index is 12.2. The maximum Gasteiger partial charge on any atom is 0.212 e. The molecule has 0 radical (unpaired) electrons. The van der Waals surface area contributed by atoms with Crippen LogP contribution in [0.5, 0.6) is 0 Å². The van der Waals surface area contributed by atoms with Crippen molar-refractivity contribution in [1.29, 1.82) is 0 Å². The molecule has 1 N–H and O–H groups in total. The van der Waals surface area contributed by atoms with Gasteiger partial charge < -0.3 is 4.74 Å². The van der Waals surface area contributed by atoms with Crippen LogP contribution < -0.4 is 4.72 Å². The lowest BCUT2D eigenvalue weighted by molar-refractivity contribution is 0.0625. The molecular weight excluding hydrogens is 326 g/mol. The highest BCUT2D eigenvalue weighted by atomic mass is 35.5. The molecule has 8 heteroatoms. The summed E-state index contributed by atoms with van der Waals surface area (Å²) in [4.78, 5) is 4.34. The van der Waals surface area contributed by atoms with Gasteiger partial charge in [0.2, 0.25) is 10.0 Å². The molecule has 0 spiro atoms. The number of hydrogen-bond acceptors (Lipinski definition) is 4. The Kier molecular flexibility index (Phi) is 4.67. The summed E-state index contributed by atoms with van der Waals surface area (Å²) >= 11 is 6.22. The summed E-state index contributed by atoms with van der Waals surface area (Å²) in [5, 5.41) is 0.430. The molecule has 1 aliphatic heterocycles. The molecule has 3 rings (SSSR count). The predicted molar refractivity (Wildman–Crippen MR) is 84.4 cm³/mol. The fourth-order valence-electron chi connectivity index (χ4n) is 2.61. The largest absolute Gasteiger partial charge is 0.381 e. The summed E-state index contributed by atoms with van der Waals surface area (Å²) in [6, 6.07) is 5.52. The van der Waals surface area contributed by atoms with Crippen molar-refractivity contribution in [2.24, 2.45) is 5.92 Å². The highest BCUT2D eigenvalue weighted by molar-refractivity contribution is 7.89. The van der Waals surface area contributed by atoms with Crippen LogP contribution in [0.2, 0.25) is 5.15 Å². The summed E-state index contributed by atoms with van der Waals surface area (Å²) in [6.45, 7) is 1.33. The zero-order valence-corrected chi connectivity index (χ0v) is 13.6. The highest BCUT2D eigenvalue weighted by Gasteiger charge is 2.22. The second kappa shape index (κ2) is 6.54. The number of halogens is 1. The number of nitrogens with one attached hydrogen (secondary N) is 1. The summed E-state index contributed by atoms with van der Waals surface area (Å²) in [5.41, 5.74) is 1.22. The van der Waals surface area contributed by atoms with Crippen LogP contribution in [0.1, 0.15) is 18.5 Å². The molecule has 1 unspecified atom stereocenters. The fourth-order valence-corrected chi connectivity index (χ4v) is 4.22. The summed E-state index contributed by atoms with van der Waals surface area (Å²) in [5.74, 6) is 0.139. The minimum Gasteiger partial charge on any atom is -0.381 e. The summed E-state index contributed by atoms with van der Waals surface area (Å²) in [6.07, 6.45) is 3.59. The average molecular weight is 344 g/mol. The second-order valence-corrected chi connectivity index (χ2v) is 7.67. The Bertz CT molecular complexity index is 754. The molecule has 0 amide bonds. The summed E-state index contributed by atoms with van der Waals surface area (Å²) in [7, 11) is -3.37. The Labute approximate surface area is 134 Å². The van der Waals surface area contributed by atoms with Crippen molar-refractivity contribution >= 4 is 27.3 Å². The third kappa shape index (κ3) is 3.60. The van der Waals surface area contributed by atoms with E-state index in [0.29, 0.717) is 23.1 Å². The molecule has 0 aliphatic carbocycles. The van der Waals surface area contributed by atoms with Crippen LogP contribution in [0.25, 0.3) is 5.65 Å². The molecule has 2 aromatic heterocycles. The second-order valence-electron chi connectivity index (χ2n) is 5.46. The van der Waals surface area contributed by atoms with Crippen LogP contribution in [0.15, 0.2) is 24.4 Å². The molecule has 1 fully saturated rings. The molecule has 1 atom stereocenters. The van der Waals surface area contributed by atoms with E-state index in [1.165, 1.54) is 0 Å². The Morgan fingerprint density at radius 3 is 3.05 bits per heavy atom. The Morgan fingerprint density at radius 1 is 1.45 bits per heavy atom. The molecule has 0 bridgehead atoms. The number of nitrogens with zero attached hydrogens (tertiary/aromatic N) is 2. The zero-order chi connectivity index (χ0) is 15.6. The van der Waals surface area contributed by atoms with Crippen molar-refractivity contribution in [2.75, 3.05) is 19.0 Å². The van der Waals surface area contributed by atoms with Gasteiger partial charge in [-0.05, 0) is 30.9 Å². The number of ether oxygens (including phenoxy) is 1. The number of fused-ring (bicyclic) bond motifs is 1. The number of sulfonamides is 1. The fraction of sp³-hybridized carbons (Fsp3) is 0.500.